The van der Waals surface area contributed by atoms with Gasteiger partial charge in [0.15, 0.2) is 0 Å². The Labute approximate surface area is 215 Å². The molecule has 2 fully saturated rings. The Morgan fingerprint density at radius 3 is 2.34 bits per heavy atom. The minimum Gasteiger partial charge on any atom is -0.264 e. The van der Waals surface area contributed by atoms with Crippen LogP contribution in [-0.4, -0.2) is 19.1 Å². The number of hydrogen-bond donors (Lipinski definition) is 1. The van der Waals surface area contributed by atoms with Gasteiger partial charge in [0.05, 0.1) is 6.10 Å². The highest BCUT2D eigenvalue weighted by molar-refractivity contribution is 7.80. The maximum absolute atomic E-state index is 11.6. The molecule has 0 radical (unpaired) electrons. The van der Waals surface area contributed by atoms with E-state index < -0.39 is 16.5 Å². The number of fused-ring (bicyclic) bond motifs is 4. The van der Waals surface area contributed by atoms with E-state index in [2.05, 4.69) is 61.5 Å². The second-order valence-electron chi connectivity index (χ2n) is 14.1. The van der Waals surface area contributed by atoms with E-state index >= 15 is 0 Å². The van der Waals surface area contributed by atoms with Gasteiger partial charge in [0, 0.05) is 0 Å². The Kier molecular flexibility index (Phi) is 7.02. The van der Waals surface area contributed by atoms with Gasteiger partial charge in [-0.3, -0.25) is 4.55 Å². The fourth-order valence-electron chi connectivity index (χ4n) is 9.77. The molecule has 0 spiro atoms. The van der Waals surface area contributed by atoms with E-state index in [0.717, 1.165) is 31.1 Å². The molecule has 4 aliphatic carbocycles. The van der Waals surface area contributed by atoms with E-state index in [1.165, 1.54) is 44.1 Å². The van der Waals surface area contributed by atoms with Gasteiger partial charge in [-0.1, -0.05) is 64.3 Å². The first-order chi connectivity index (χ1) is 16.1. The van der Waals surface area contributed by atoms with Crippen molar-refractivity contribution in [1.29, 1.82) is 0 Å². The lowest BCUT2D eigenvalue weighted by Gasteiger charge is -2.62. The standard InChI is InChI=1S/C30H50O4S/c1-20(2)10-9-11-21(3)22-14-18-30(8)24-12-13-25-27(4,5)26(34-35(31,32)33)16-17-28(25,6)23(24)15-19-29(22,30)7/h10,21-22,25-26H,9,11-19H2,1-8H3,(H,31,32,33)/t21-,22-,25+,26+,28-,29-,30+/m1/s1. The Morgan fingerprint density at radius 2 is 1.71 bits per heavy atom. The average molecular weight is 507 g/mol. The molecule has 0 bridgehead atoms. The van der Waals surface area contributed by atoms with Crippen LogP contribution in [0.4, 0.5) is 0 Å². The third-order valence-electron chi connectivity index (χ3n) is 11.9. The van der Waals surface area contributed by atoms with Gasteiger partial charge >= 0.3 is 10.4 Å². The molecular weight excluding hydrogens is 456 g/mol. The van der Waals surface area contributed by atoms with E-state index in [1.807, 2.05) is 0 Å². The molecule has 7 atom stereocenters. The van der Waals surface area contributed by atoms with Gasteiger partial charge < -0.3 is 0 Å². The predicted molar refractivity (Wildman–Crippen MR) is 143 cm³/mol. The van der Waals surface area contributed by atoms with Gasteiger partial charge in [-0.25, -0.2) is 4.18 Å². The summed E-state index contributed by atoms with van der Waals surface area (Å²) in [5.41, 5.74) is 5.31. The molecule has 5 heteroatoms. The fourth-order valence-corrected chi connectivity index (χ4v) is 10.4. The largest absolute Gasteiger partial charge is 0.397 e. The summed E-state index contributed by atoms with van der Waals surface area (Å²) in [7, 11) is -4.45. The quantitative estimate of drug-likeness (QED) is 0.291. The van der Waals surface area contributed by atoms with Crippen molar-refractivity contribution in [3.63, 3.8) is 0 Å². The highest BCUT2D eigenvalue weighted by Crippen LogP contribution is 2.72. The zero-order chi connectivity index (χ0) is 26.0. The lowest BCUT2D eigenvalue weighted by molar-refractivity contribution is -0.0861. The van der Waals surface area contributed by atoms with E-state index in [1.54, 1.807) is 11.1 Å². The summed E-state index contributed by atoms with van der Waals surface area (Å²) < 4.78 is 37.8. The molecule has 200 valence electrons. The predicted octanol–water partition coefficient (Wildman–Crippen LogP) is 8.31. The van der Waals surface area contributed by atoms with Crippen molar-refractivity contribution in [1.82, 2.24) is 0 Å². The molecule has 4 rings (SSSR count). The molecule has 0 unspecified atom stereocenters. The second-order valence-corrected chi connectivity index (χ2v) is 15.1. The summed E-state index contributed by atoms with van der Waals surface area (Å²) in [5, 5.41) is 0. The van der Waals surface area contributed by atoms with Gasteiger partial charge in [0.2, 0.25) is 0 Å². The average Bonchev–Trinajstić information content (AvgIpc) is 3.01. The van der Waals surface area contributed by atoms with Crippen LogP contribution in [0, 0.1) is 39.4 Å². The molecule has 0 aliphatic heterocycles. The van der Waals surface area contributed by atoms with E-state index in [-0.39, 0.29) is 16.2 Å². The minimum atomic E-state index is -4.45. The van der Waals surface area contributed by atoms with Crippen LogP contribution in [0.15, 0.2) is 22.8 Å². The second kappa shape index (κ2) is 8.98. The number of rotatable bonds is 6. The topological polar surface area (TPSA) is 63.6 Å². The highest BCUT2D eigenvalue weighted by atomic mass is 32.3. The summed E-state index contributed by atoms with van der Waals surface area (Å²) in [4.78, 5) is 0. The molecule has 4 aliphatic rings. The van der Waals surface area contributed by atoms with Crippen molar-refractivity contribution in [3.05, 3.63) is 22.8 Å². The maximum Gasteiger partial charge on any atom is 0.397 e. The Balaban J connectivity index is 1.63. The third-order valence-corrected chi connectivity index (χ3v) is 12.3. The summed E-state index contributed by atoms with van der Waals surface area (Å²) in [5.74, 6) is 1.90. The lowest BCUT2D eigenvalue weighted by Crippen LogP contribution is -2.55. The van der Waals surface area contributed by atoms with Crippen LogP contribution in [0.3, 0.4) is 0 Å². The summed E-state index contributed by atoms with van der Waals surface area (Å²) >= 11 is 0. The normalized spacial score (nSPS) is 41.6. The highest BCUT2D eigenvalue weighted by Gasteiger charge is 2.63. The van der Waals surface area contributed by atoms with Crippen molar-refractivity contribution in [2.45, 2.75) is 126 Å². The third kappa shape index (κ3) is 4.40. The van der Waals surface area contributed by atoms with Crippen LogP contribution in [0.25, 0.3) is 0 Å². The minimum absolute atomic E-state index is 0.0909. The van der Waals surface area contributed by atoms with Crippen LogP contribution in [-0.2, 0) is 14.6 Å². The van der Waals surface area contributed by atoms with Crippen LogP contribution >= 0.6 is 0 Å². The summed E-state index contributed by atoms with van der Waals surface area (Å²) in [6.07, 6.45) is 13.4. The van der Waals surface area contributed by atoms with Crippen molar-refractivity contribution < 1.29 is 17.2 Å². The molecule has 0 aromatic carbocycles. The first kappa shape index (κ1) is 27.4. The van der Waals surface area contributed by atoms with Gasteiger partial charge in [-0.2, -0.15) is 8.42 Å². The van der Waals surface area contributed by atoms with Gasteiger partial charge in [0.25, 0.3) is 0 Å². The van der Waals surface area contributed by atoms with Crippen molar-refractivity contribution in [2.75, 3.05) is 0 Å². The van der Waals surface area contributed by atoms with E-state index in [0.29, 0.717) is 17.8 Å². The molecular formula is C30H50O4S. The van der Waals surface area contributed by atoms with Crippen LogP contribution in [0.2, 0.25) is 0 Å². The SMILES string of the molecule is CC(C)=CCC[C@@H](C)[C@H]1CC[C@@]2(C)C3=C(CC[C@]12C)[C@@]1(C)CC[C@H](OS(=O)(=O)O)C(C)(C)[C@@H]1CC3. The Bertz CT molecular complexity index is 1000. The zero-order valence-electron chi connectivity index (χ0n) is 23.5. The molecule has 0 amide bonds. The van der Waals surface area contributed by atoms with Gasteiger partial charge in [-0.05, 0) is 117 Å². The molecule has 0 aromatic rings. The van der Waals surface area contributed by atoms with Crippen molar-refractivity contribution in [2.24, 2.45) is 39.4 Å². The molecule has 0 saturated heterocycles. The molecule has 4 nitrogen and oxygen atoms in total. The smallest absolute Gasteiger partial charge is 0.264 e. The number of hydrogen-bond acceptors (Lipinski definition) is 3. The molecule has 35 heavy (non-hydrogen) atoms. The number of allylic oxidation sites excluding steroid dienone is 4. The van der Waals surface area contributed by atoms with Crippen molar-refractivity contribution >= 4 is 10.4 Å². The lowest BCUT2D eigenvalue weighted by atomic mass is 9.43. The van der Waals surface area contributed by atoms with Crippen LogP contribution in [0.5, 0.6) is 0 Å². The maximum atomic E-state index is 11.6. The fraction of sp³-hybridized carbons (Fsp3) is 0.867. The summed E-state index contributed by atoms with van der Waals surface area (Å²) in [6, 6.07) is 0. The molecule has 0 heterocycles. The molecule has 0 aromatic heterocycles. The Hall–Kier alpha value is -0.650. The van der Waals surface area contributed by atoms with Gasteiger partial charge in [0.1, 0.15) is 0 Å². The van der Waals surface area contributed by atoms with Crippen molar-refractivity contribution in [3.8, 4) is 0 Å². The Morgan fingerprint density at radius 1 is 1.03 bits per heavy atom. The molecule has 2 saturated carbocycles. The van der Waals surface area contributed by atoms with E-state index in [4.69, 9.17) is 4.18 Å². The van der Waals surface area contributed by atoms with Crippen LogP contribution in [0.1, 0.15) is 120 Å². The van der Waals surface area contributed by atoms with Gasteiger partial charge in [-0.15, -0.1) is 0 Å². The monoisotopic (exact) mass is 506 g/mol. The molecule has 1 N–H and O–H groups in total. The van der Waals surface area contributed by atoms with E-state index in [9.17, 15) is 13.0 Å². The first-order valence-corrected chi connectivity index (χ1v) is 15.4. The first-order valence-electron chi connectivity index (χ1n) is 14.1. The summed E-state index contributed by atoms with van der Waals surface area (Å²) in [6.45, 7) is 18.9. The van der Waals surface area contributed by atoms with Crippen LogP contribution < -0.4 is 0 Å². The zero-order valence-corrected chi connectivity index (χ0v) is 24.4.